The van der Waals surface area contributed by atoms with Crippen LogP contribution in [-0.4, -0.2) is 46.7 Å². The third kappa shape index (κ3) is 3.93. The molecule has 22 heavy (non-hydrogen) atoms. The second-order valence-electron chi connectivity index (χ2n) is 5.43. The molecule has 0 saturated carbocycles. The molecule has 6 nitrogen and oxygen atoms in total. The summed E-state index contributed by atoms with van der Waals surface area (Å²) in [4.78, 5) is 12.4. The highest BCUT2D eigenvalue weighted by Crippen LogP contribution is 2.13. The summed E-state index contributed by atoms with van der Waals surface area (Å²) in [5.41, 5.74) is 0.732. The number of rotatable bonds is 7. The number of aliphatic hydroxyl groups is 1. The van der Waals surface area contributed by atoms with Gasteiger partial charge in [-0.2, -0.15) is 5.10 Å². The molecule has 0 aliphatic rings. The first kappa shape index (κ1) is 16.2. The molecule has 118 valence electrons. The van der Waals surface area contributed by atoms with Gasteiger partial charge < -0.3 is 15.2 Å². The van der Waals surface area contributed by atoms with E-state index < -0.39 is 5.54 Å². The van der Waals surface area contributed by atoms with E-state index in [0.717, 1.165) is 5.69 Å². The minimum Gasteiger partial charge on any atom is -0.396 e. The lowest BCUT2D eigenvalue weighted by Gasteiger charge is -2.29. The van der Waals surface area contributed by atoms with Gasteiger partial charge in [0.1, 0.15) is 0 Å². The van der Waals surface area contributed by atoms with Crippen molar-refractivity contribution in [3.63, 3.8) is 0 Å². The van der Waals surface area contributed by atoms with Crippen molar-refractivity contribution in [3.8, 4) is 5.69 Å². The zero-order valence-electron chi connectivity index (χ0n) is 12.8. The van der Waals surface area contributed by atoms with Gasteiger partial charge in [-0.15, -0.1) is 0 Å². The Kier molecular flexibility index (Phi) is 5.30. The van der Waals surface area contributed by atoms with Gasteiger partial charge in [-0.05, 0) is 25.5 Å². The van der Waals surface area contributed by atoms with Crippen molar-refractivity contribution in [1.82, 2.24) is 15.1 Å². The van der Waals surface area contributed by atoms with Gasteiger partial charge in [0.15, 0.2) is 0 Å². The lowest BCUT2D eigenvalue weighted by Crippen LogP contribution is -2.50. The molecule has 0 saturated heterocycles. The molecule has 1 atom stereocenters. The van der Waals surface area contributed by atoms with Gasteiger partial charge in [-0.25, -0.2) is 4.68 Å². The maximum atomic E-state index is 12.4. The molecule has 0 aliphatic carbocycles. The molecular weight excluding hydrogens is 282 g/mol. The van der Waals surface area contributed by atoms with E-state index in [2.05, 4.69) is 10.4 Å². The van der Waals surface area contributed by atoms with Crippen LogP contribution < -0.4 is 5.32 Å². The van der Waals surface area contributed by atoms with E-state index in [1.807, 2.05) is 37.3 Å². The summed E-state index contributed by atoms with van der Waals surface area (Å²) in [6.45, 7) is 2.14. The predicted molar refractivity (Wildman–Crippen MR) is 83.0 cm³/mol. The van der Waals surface area contributed by atoms with Gasteiger partial charge in [-0.1, -0.05) is 18.2 Å². The fraction of sp³-hybridized carbons (Fsp3) is 0.375. The van der Waals surface area contributed by atoms with Gasteiger partial charge >= 0.3 is 0 Å². The van der Waals surface area contributed by atoms with Crippen LogP contribution in [0.1, 0.15) is 23.7 Å². The van der Waals surface area contributed by atoms with E-state index in [-0.39, 0.29) is 12.5 Å². The fourth-order valence-corrected chi connectivity index (χ4v) is 2.24. The number of ether oxygens (including phenoxy) is 1. The zero-order chi connectivity index (χ0) is 16.0. The van der Waals surface area contributed by atoms with Crippen LogP contribution in [0.5, 0.6) is 0 Å². The Morgan fingerprint density at radius 3 is 2.77 bits per heavy atom. The average Bonchev–Trinajstić information content (AvgIpc) is 2.98. The number of nitrogens with zero attached hydrogens (tertiary/aromatic N) is 2. The normalized spacial score (nSPS) is 13.6. The Morgan fingerprint density at radius 1 is 1.41 bits per heavy atom. The lowest BCUT2D eigenvalue weighted by molar-refractivity contribution is 0.0725. The molecule has 1 heterocycles. The number of hydrogen-bond acceptors (Lipinski definition) is 4. The van der Waals surface area contributed by atoms with Crippen molar-refractivity contribution < 1.29 is 14.6 Å². The van der Waals surface area contributed by atoms with Crippen molar-refractivity contribution in [2.75, 3.05) is 20.3 Å². The number of carbonyl (C=O) groups excluding carboxylic acids is 1. The summed E-state index contributed by atoms with van der Waals surface area (Å²) >= 11 is 0. The van der Waals surface area contributed by atoms with Gasteiger partial charge in [-0.3, -0.25) is 4.79 Å². The molecule has 0 fully saturated rings. The summed E-state index contributed by atoms with van der Waals surface area (Å²) in [5, 5.41) is 16.2. The van der Waals surface area contributed by atoms with E-state index in [1.165, 1.54) is 6.20 Å². The van der Waals surface area contributed by atoms with Crippen LogP contribution in [-0.2, 0) is 4.74 Å². The molecule has 0 radical (unpaired) electrons. The van der Waals surface area contributed by atoms with E-state index in [0.29, 0.717) is 18.6 Å². The maximum Gasteiger partial charge on any atom is 0.254 e. The molecule has 2 aromatic rings. The molecule has 1 aromatic heterocycles. The van der Waals surface area contributed by atoms with Crippen molar-refractivity contribution in [3.05, 3.63) is 48.3 Å². The Morgan fingerprint density at radius 2 is 2.14 bits per heavy atom. The summed E-state index contributed by atoms with van der Waals surface area (Å²) < 4.78 is 6.77. The third-order valence-corrected chi connectivity index (χ3v) is 3.41. The molecule has 2 rings (SSSR count). The quantitative estimate of drug-likeness (QED) is 0.810. The SMILES string of the molecule is COCC(C)(CCO)NC(=O)c1cnn(-c2ccccc2)c1. The highest BCUT2D eigenvalue weighted by atomic mass is 16.5. The first-order chi connectivity index (χ1) is 10.6. The van der Waals surface area contributed by atoms with Gasteiger partial charge in [0.25, 0.3) is 5.91 Å². The number of nitrogens with one attached hydrogen (secondary N) is 1. The van der Waals surface area contributed by atoms with Crippen LogP contribution in [0.3, 0.4) is 0 Å². The molecule has 2 N–H and O–H groups in total. The monoisotopic (exact) mass is 303 g/mol. The van der Waals surface area contributed by atoms with Crippen molar-refractivity contribution in [2.45, 2.75) is 18.9 Å². The molecule has 0 spiro atoms. The minimum absolute atomic E-state index is 0.0244. The maximum absolute atomic E-state index is 12.4. The number of methoxy groups -OCH3 is 1. The molecule has 0 bridgehead atoms. The van der Waals surface area contributed by atoms with E-state index in [1.54, 1.807) is 18.0 Å². The number of amides is 1. The minimum atomic E-state index is -0.616. The zero-order valence-corrected chi connectivity index (χ0v) is 12.8. The molecular formula is C16H21N3O3. The van der Waals surface area contributed by atoms with E-state index in [9.17, 15) is 4.79 Å². The number of benzene rings is 1. The molecule has 1 amide bonds. The van der Waals surface area contributed by atoms with Gasteiger partial charge in [0.05, 0.1) is 29.6 Å². The smallest absolute Gasteiger partial charge is 0.254 e. The second-order valence-corrected chi connectivity index (χ2v) is 5.43. The third-order valence-electron chi connectivity index (χ3n) is 3.41. The highest BCUT2D eigenvalue weighted by Gasteiger charge is 2.26. The van der Waals surface area contributed by atoms with Crippen molar-refractivity contribution >= 4 is 5.91 Å². The summed E-state index contributed by atoms with van der Waals surface area (Å²) in [6.07, 6.45) is 3.62. The van der Waals surface area contributed by atoms with Crippen LogP contribution in [0.25, 0.3) is 5.69 Å². The van der Waals surface area contributed by atoms with Crippen LogP contribution in [0.2, 0.25) is 0 Å². The molecule has 1 aromatic carbocycles. The van der Waals surface area contributed by atoms with Gasteiger partial charge in [0, 0.05) is 19.9 Å². The first-order valence-corrected chi connectivity index (χ1v) is 7.10. The number of para-hydroxylation sites is 1. The Hall–Kier alpha value is -2.18. The van der Waals surface area contributed by atoms with Crippen LogP contribution in [0.15, 0.2) is 42.7 Å². The van der Waals surface area contributed by atoms with Crippen LogP contribution in [0, 0.1) is 0 Å². The topological polar surface area (TPSA) is 76.4 Å². The Bertz CT molecular complexity index is 604. The van der Waals surface area contributed by atoms with E-state index in [4.69, 9.17) is 9.84 Å². The number of carbonyl (C=O) groups is 1. The van der Waals surface area contributed by atoms with Crippen LogP contribution >= 0.6 is 0 Å². The Balaban J connectivity index is 2.12. The first-order valence-electron chi connectivity index (χ1n) is 7.10. The van der Waals surface area contributed by atoms with Crippen molar-refractivity contribution in [2.24, 2.45) is 0 Å². The average molecular weight is 303 g/mol. The summed E-state index contributed by atoms with van der Waals surface area (Å²) in [5.74, 6) is -0.241. The molecule has 6 heteroatoms. The Labute approximate surface area is 129 Å². The van der Waals surface area contributed by atoms with Crippen LogP contribution in [0.4, 0.5) is 0 Å². The predicted octanol–water partition coefficient (Wildman–Crippen LogP) is 1.39. The summed E-state index contributed by atoms with van der Waals surface area (Å²) in [7, 11) is 1.56. The fourth-order valence-electron chi connectivity index (χ4n) is 2.24. The summed E-state index contributed by atoms with van der Waals surface area (Å²) in [6, 6.07) is 9.57. The second kappa shape index (κ2) is 7.20. The van der Waals surface area contributed by atoms with Crippen molar-refractivity contribution in [1.29, 1.82) is 0 Å². The lowest BCUT2D eigenvalue weighted by atomic mass is 9.99. The highest BCUT2D eigenvalue weighted by molar-refractivity contribution is 5.94. The number of aliphatic hydroxyl groups excluding tert-OH is 1. The number of aromatic nitrogens is 2. The molecule has 0 aliphatic heterocycles. The molecule has 1 unspecified atom stereocenters. The van der Waals surface area contributed by atoms with E-state index >= 15 is 0 Å². The largest absolute Gasteiger partial charge is 0.396 e. The van der Waals surface area contributed by atoms with Gasteiger partial charge in [0.2, 0.25) is 0 Å². The number of hydrogen-bond donors (Lipinski definition) is 2. The standard InChI is InChI=1S/C16H21N3O3/c1-16(8-9-20,12-22-2)18-15(21)13-10-17-19(11-13)14-6-4-3-5-7-14/h3-7,10-11,20H,8-9,12H2,1-2H3,(H,18,21).